The fourth-order valence-electron chi connectivity index (χ4n) is 3.24. The summed E-state index contributed by atoms with van der Waals surface area (Å²) in [7, 11) is 0. The van der Waals surface area contributed by atoms with E-state index in [4.69, 9.17) is 17.3 Å². The maximum absolute atomic E-state index is 14.4. The summed E-state index contributed by atoms with van der Waals surface area (Å²) in [6, 6.07) is 6.29. The molecule has 0 unspecified atom stereocenters. The predicted molar refractivity (Wildman–Crippen MR) is 129 cm³/mol. The van der Waals surface area contributed by atoms with Gasteiger partial charge in [0.2, 0.25) is 0 Å². The minimum atomic E-state index is -4.29. The first-order chi connectivity index (χ1) is 15.9. The molecule has 0 aliphatic rings. The summed E-state index contributed by atoms with van der Waals surface area (Å²) in [5.74, 6) is -5.14. The number of hydrogen-bond acceptors (Lipinski definition) is 2. The van der Waals surface area contributed by atoms with Crippen molar-refractivity contribution in [2.45, 2.75) is 71.8 Å². The third kappa shape index (κ3) is 8.20. The van der Waals surface area contributed by atoms with Gasteiger partial charge in [-0.25, -0.2) is 13.2 Å². The smallest absolute Gasteiger partial charge is 0.311 e. The molecule has 188 valence electrons. The molecule has 34 heavy (non-hydrogen) atoms. The third-order valence-corrected chi connectivity index (χ3v) is 5.41. The lowest BCUT2D eigenvalue weighted by Crippen LogP contribution is -2.39. The van der Waals surface area contributed by atoms with E-state index in [2.05, 4.69) is 4.98 Å². The van der Waals surface area contributed by atoms with Crippen molar-refractivity contribution in [3.63, 3.8) is 0 Å². The van der Waals surface area contributed by atoms with Crippen molar-refractivity contribution >= 4 is 11.6 Å². The fraction of sp³-hybridized carbons (Fsp3) is 0.423. The molecule has 1 aromatic carbocycles. The largest absolute Gasteiger partial charge is 0.316 e. The molecule has 0 saturated carbocycles. The van der Waals surface area contributed by atoms with Crippen LogP contribution in [0.1, 0.15) is 64.3 Å². The number of alkyl halides is 4. The second-order valence-corrected chi connectivity index (χ2v) is 8.41. The van der Waals surface area contributed by atoms with E-state index in [1.807, 2.05) is 46.8 Å². The Hall–Kier alpha value is -2.25. The van der Waals surface area contributed by atoms with Crippen LogP contribution in [0.5, 0.6) is 0 Å². The maximum Gasteiger partial charge on any atom is 0.311 e. The Bertz CT molecular complexity index is 987. The van der Waals surface area contributed by atoms with E-state index in [1.165, 1.54) is 12.3 Å². The number of benzene rings is 1. The van der Waals surface area contributed by atoms with Gasteiger partial charge in [-0.3, -0.25) is 4.98 Å². The van der Waals surface area contributed by atoms with Crippen molar-refractivity contribution in [2.75, 3.05) is 0 Å². The van der Waals surface area contributed by atoms with Crippen LogP contribution in [0.2, 0.25) is 5.02 Å². The first kappa shape index (κ1) is 29.8. The van der Waals surface area contributed by atoms with Crippen LogP contribution in [-0.2, 0) is 12.0 Å². The molecule has 2 N–H and O–H groups in total. The highest BCUT2D eigenvalue weighted by atomic mass is 35.5. The van der Waals surface area contributed by atoms with Gasteiger partial charge in [-0.05, 0) is 62.1 Å². The van der Waals surface area contributed by atoms with Gasteiger partial charge < -0.3 is 5.73 Å². The molecule has 8 heteroatoms. The van der Waals surface area contributed by atoms with Gasteiger partial charge in [0, 0.05) is 12.6 Å². The molecule has 0 saturated heterocycles. The molecule has 0 amide bonds. The zero-order chi connectivity index (χ0) is 26.1. The molecule has 2 nitrogen and oxygen atoms in total. The van der Waals surface area contributed by atoms with E-state index in [1.54, 1.807) is 12.1 Å². The zero-order valence-corrected chi connectivity index (χ0v) is 20.9. The fourth-order valence-corrected chi connectivity index (χ4v) is 3.35. The van der Waals surface area contributed by atoms with Crippen LogP contribution in [0.25, 0.3) is 0 Å². The van der Waals surface area contributed by atoms with Crippen LogP contribution in [0.3, 0.4) is 0 Å². The van der Waals surface area contributed by atoms with E-state index >= 15 is 0 Å². The minimum absolute atomic E-state index is 0.149. The van der Waals surface area contributed by atoms with Crippen LogP contribution < -0.4 is 5.73 Å². The Morgan fingerprint density at radius 1 is 1.09 bits per heavy atom. The number of rotatable bonds is 9. The molecule has 1 aromatic heterocycles. The molecule has 0 aliphatic heterocycles. The Morgan fingerprint density at radius 2 is 1.71 bits per heavy atom. The van der Waals surface area contributed by atoms with Crippen molar-refractivity contribution in [2.24, 2.45) is 5.73 Å². The van der Waals surface area contributed by atoms with Gasteiger partial charge in [-0.2, -0.15) is 8.78 Å². The van der Waals surface area contributed by atoms with E-state index in [0.717, 1.165) is 29.7 Å². The number of halogens is 6. The SMILES string of the molecule is CC.CC/C(C)=C\C=C(/C)C[C@](N)(c1cc(F)cc(CC(F)(F)C(F)F)c1)c1ccc(Cl)cn1. The van der Waals surface area contributed by atoms with Crippen LogP contribution in [0, 0.1) is 5.82 Å². The molecule has 0 spiro atoms. The molecule has 2 aromatic rings. The van der Waals surface area contributed by atoms with Crippen molar-refractivity contribution in [1.82, 2.24) is 4.98 Å². The highest BCUT2D eigenvalue weighted by Crippen LogP contribution is 2.35. The highest BCUT2D eigenvalue weighted by molar-refractivity contribution is 6.30. The lowest BCUT2D eigenvalue weighted by Gasteiger charge is -2.31. The van der Waals surface area contributed by atoms with Gasteiger partial charge >= 0.3 is 12.3 Å². The van der Waals surface area contributed by atoms with Crippen LogP contribution in [0.15, 0.2) is 59.8 Å². The lowest BCUT2D eigenvalue weighted by molar-refractivity contribution is -0.127. The maximum atomic E-state index is 14.4. The van der Waals surface area contributed by atoms with Crippen LogP contribution in [0.4, 0.5) is 22.0 Å². The van der Waals surface area contributed by atoms with Crippen molar-refractivity contribution < 1.29 is 22.0 Å². The summed E-state index contributed by atoms with van der Waals surface area (Å²) in [6.07, 6.45) is 1.06. The summed E-state index contributed by atoms with van der Waals surface area (Å²) in [5, 5.41) is 0.362. The number of pyridine rings is 1. The number of hydrogen-bond donors (Lipinski definition) is 1. The summed E-state index contributed by atoms with van der Waals surface area (Å²) in [5.41, 5.74) is 7.49. The van der Waals surface area contributed by atoms with Gasteiger partial charge in [0.1, 0.15) is 5.82 Å². The topological polar surface area (TPSA) is 38.9 Å². The summed E-state index contributed by atoms with van der Waals surface area (Å²) in [6.45, 7) is 9.83. The number of nitrogens with zero attached hydrogens (tertiary/aromatic N) is 1. The van der Waals surface area contributed by atoms with Gasteiger partial charge in [0.05, 0.1) is 16.3 Å². The first-order valence-corrected chi connectivity index (χ1v) is 11.4. The molecular weight excluding hydrogens is 471 g/mol. The van der Waals surface area contributed by atoms with Gasteiger partial charge in [-0.1, -0.05) is 61.7 Å². The number of aromatic nitrogens is 1. The van der Waals surface area contributed by atoms with E-state index in [-0.39, 0.29) is 17.5 Å². The molecule has 1 atom stereocenters. The minimum Gasteiger partial charge on any atom is -0.316 e. The standard InChI is InChI=1S/C24H26ClF5N2.C2H6/c1-4-15(2)5-6-16(3)12-23(31,21-8-7-19(25)14-32-21)18-9-17(10-20(26)11-18)13-24(29,30)22(27)28;1-2/h5-11,14,22H,4,12-13,31H2,1-3H3;1-2H3/b15-5-,16-6+;/t23-;/m0./s1. The summed E-state index contributed by atoms with van der Waals surface area (Å²) in [4.78, 5) is 4.26. The molecule has 1 heterocycles. The Balaban J connectivity index is 0.00000281. The Morgan fingerprint density at radius 3 is 2.24 bits per heavy atom. The molecule has 0 radical (unpaired) electrons. The summed E-state index contributed by atoms with van der Waals surface area (Å²) < 4.78 is 67.0. The predicted octanol–water partition coefficient (Wildman–Crippen LogP) is 8.24. The first-order valence-electron chi connectivity index (χ1n) is 11.1. The summed E-state index contributed by atoms with van der Waals surface area (Å²) >= 11 is 5.93. The molecule has 0 bridgehead atoms. The molecular formula is C26H32ClF5N2. The molecule has 2 rings (SSSR count). The van der Waals surface area contributed by atoms with Gasteiger partial charge in [-0.15, -0.1) is 0 Å². The van der Waals surface area contributed by atoms with E-state index in [9.17, 15) is 22.0 Å². The third-order valence-electron chi connectivity index (χ3n) is 5.18. The van der Waals surface area contributed by atoms with Gasteiger partial charge in [0.25, 0.3) is 0 Å². The Kier molecular flexibility index (Phi) is 11.4. The number of nitrogens with two attached hydrogens (primary N) is 1. The van der Waals surface area contributed by atoms with Crippen LogP contribution in [-0.4, -0.2) is 17.3 Å². The number of allylic oxidation sites excluding steroid dienone is 3. The van der Waals surface area contributed by atoms with E-state index < -0.39 is 30.1 Å². The average molecular weight is 503 g/mol. The average Bonchev–Trinajstić information content (AvgIpc) is 2.78. The van der Waals surface area contributed by atoms with Crippen molar-refractivity contribution in [1.29, 1.82) is 0 Å². The Labute approximate surface area is 203 Å². The highest BCUT2D eigenvalue weighted by Gasteiger charge is 2.41. The normalized spacial score (nSPS) is 14.5. The zero-order valence-electron chi connectivity index (χ0n) is 20.1. The monoisotopic (exact) mass is 502 g/mol. The van der Waals surface area contributed by atoms with Crippen molar-refractivity contribution in [3.05, 3.63) is 87.5 Å². The van der Waals surface area contributed by atoms with Gasteiger partial charge in [0.15, 0.2) is 0 Å². The molecule has 0 fully saturated rings. The lowest BCUT2D eigenvalue weighted by atomic mass is 9.80. The second kappa shape index (κ2) is 13.0. The van der Waals surface area contributed by atoms with Crippen LogP contribution >= 0.6 is 11.6 Å². The molecule has 0 aliphatic carbocycles. The second-order valence-electron chi connectivity index (χ2n) is 7.98. The van der Waals surface area contributed by atoms with Crippen molar-refractivity contribution in [3.8, 4) is 0 Å². The quantitative estimate of drug-likeness (QED) is 0.277. The van der Waals surface area contributed by atoms with E-state index in [0.29, 0.717) is 10.7 Å².